The Kier molecular flexibility index (Phi) is 4.99. The van der Waals surface area contributed by atoms with Crippen LogP contribution >= 0.6 is 34.8 Å². The molecule has 0 radical (unpaired) electrons. The average molecular weight is 345 g/mol. The van der Waals surface area contributed by atoms with E-state index in [1.54, 1.807) is 25.1 Å². The first-order valence-corrected chi connectivity index (χ1v) is 7.26. The van der Waals surface area contributed by atoms with Crippen molar-refractivity contribution >= 4 is 40.7 Å². The molecule has 0 saturated heterocycles. The zero-order valence-electron chi connectivity index (χ0n) is 11.0. The van der Waals surface area contributed by atoms with Crippen molar-refractivity contribution in [1.29, 1.82) is 0 Å². The summed E-state index contributed by atoms with van der Waals surface area (Å²) in [5, 5.41) is 13.9. The van der Waals surface area contributed by atoms with Crippen LogP contribution in [0.3, 0.4) is 0 Å². The Morgan fingerprint density at radius 2 is 1.71 bits per heavy atom. The van der Waals surface area contributed by atoms with Gasteiger partial charge in [-0.25, -0.2) is 0 Å². The van der Waals surface area contributed by atoms with Gasteiger partial charge in [0.1, 0.15) is 5.75 Å². The van der Waals surface area contributed by atoms with Gasteiger partial charge in [0.2, 0.25) is 0 Å². The lowest BCUT2D eigenvalue weighted by molar-refractivity contribution is 0.0937. The third-order valence-corrected chi connectivity index (χ3v) is 3.78. The van der Waals surface area contributed by atoms with Gasteiger partial charge in [-0.3, -0.25) is 4.79 Å². The Balaban J connectivity index is 2.18. The summed E-state index contributed by atoms with van der Waals surface area (Å²) in [5.41, 5.74) is 0.888. The highest BCUT2D eigenvalue weighted by Gasteiger charge is 2.16. The van der Waals surface area contributed by atoms with E-state index < -0.39 is 5.91 Å². The molecule has 1 unspecified atom stereocenters. The molecule has 0 aliphatic heterocycles. The minimum absolute atomic E-state index is 0.149. The van der Waals surface area contributed by atoms with Crippen LogP contribution in [0.2, 0.25) is 15.1 Å². The van der Waals surface area contributed by atoms with E-state index in [2.05, 4.69) is 5.32 Å². The molecule has 0 saturated carbocycles. The SMILES string of the molecule is CC(NC(=O)c1ccc(Cl)cc1O)c1ccc(Cl)cc1Cl. The fraction of sp³-hybridized carbons (Fsp3) is 0.133. The highest BCUT2D eigenvalue weighted by atomic mass is 35.5. The van der Waals surface area contributed by atoms with Gasteiger partial charge < -0.3 is 10.4 Å². The van der Waals surface area contributed by atoms with Crippen LogP contribution in [0.15, 0.2) is 36.4 Å². The van der Waals surface area contributed by atoms with E-state index in [1.165, 1.54) is 18.2 Å². The normalized spacial score (nSPS) is 12.0. The molecule has 21 heavy (non-hydrogen) atoms. The lowest BCUT2D eigenvalue weighted by Crippen LogP contribution is -2.26. The fourth-order valence-electron chi connectivity index (χ4n) is 1.90. The molecule has 2 aromatic rings. The summed E-state index contributed by atoms with van der Waals surface area (Å²) in [6, 6.07) is 9.04. The van der Waals surface area contributed by atoms with Crippen molar-refractivity contribution in [3.05, 3.63) is 62.6 Å². The van der Waals surface area contributed by atoms with Crippen molar-refractivity contribution in [2.45, 2.75) is 13.0 Å². The van der Waals surface area contributed by atoms with Crippen molar-refractivity contribution in [1.82, 2.24) is 5.32 Å². The molecule has 0 fully saturated rings. The molecule has 2 rings (SSSR count). The van der Waals surface area contributed by atoms with Crippen molar-refractivity contribution in [3.63, 3.8) is 0 Å². The molecule has 0 bridgehead atoms. The molecule has 0 heterocycles. The number of rotatable bonds is 3. The Bertz CT molecular complexity index is 689. The maximum absolute atomic E-state index is 12.2. The quantitative estimate of drug-likeness (QED) is 0.836. The number of halogens is 3. The summed E-state index contributed by atoms with van der Waals surface area (Å²) in [5.74, 6) is -0.586. The van der Waals surface area contributed by atoms with Crippen LogP contribution in [0.4, 0.5) is 0 Å². The second-order valence-corrected chi connectivity index (χ2v) is 5.80. The third kappa shape index (κ3) is 3.82. The van der Waals surface area contributed by atoms with Gasteiger partial charge in [0.05, 0.1) is 11.6 Å². The van der Waals surface area contributed by atoms with Crippen molar-refractivity contribution in [3.8, 4) is 5.75 Å². The number of hydrogen-bond acceptors (Lipinski definition) is 2. The van der Waals surface area contributed by atoms with Crippen LogP contribution in [-0.2, 0) is 0 Å². The van der Waals surface area contributed by atoms with Crippen molar-refractivity contribution in [2.75, 3.05) is 0 Å². The number of hydrogen-bond donors (Lipinski definition) is 2. The van der Waals surface area contributed by atoms with Gasteiger partial charge >= 0.3 is 0 Å². The predicted molar refractivity (Wildman–Crippen MR) is 85.5 cm³/mol. The lowest BCUT2D eigenvalue weighted by Gasteiger charge is -2.16. The molecule has 1 atom stereocenters. The first-order valence-electron chi connectivity index (χ1n) is 6.13. The lowest BCUT2D eigenvalue weighted by atomic mass is 10.1. The number of benzene rings is 2. The van der Waals surface area contributed by atoms with Crippen LogP contribution in [0, 0.1) is 0 Å². The fourth-order valence-corrected chi connectivity index (χ4v) is 2.64. The Labute approximate surface area is 137 Å². The maximum atomic E-state index is 12.2. The van der Waals surface area contributed by atoms with Gasteiger partial charge in [0.15, 0.2) is 0 Å². The minimum Gasteiger partial charge on any atom is -0.507 e. The first-order chi connectivity index (χ1) is 9.88. The molecule has 2 aromatic carbocycles. The molecule has 110 valence electrons. The number of aromatic hydroxyl groups is 1. The Morgan fingerprint density at radius 3 is 2.33 bits per heavy atom. The molecule has 2 N–H and O–H groups in total. The van der Waals surface area contributed by atoms with Crippen LogP contribution < -0.4 is 5.32 Å². The number of phenols is 1. The van der Waals surface area contributed by atoms with Gasteiger partial charge in [-0.2, -0.15) is 0 Å². The van der Waals surface area contributed by atoms with E-state index in [9.17, 15) is 9.90 Å². The largest absolute Gasteiger partial charge is 0.507 e. The van der Waals surface area contributed by atoms with Crippen LogP contribution in [-0.4, -0.2) is 11.0 Å². The van der Waals surface area contributed by atoms with Gasteiger partial charge in [0.25, 0.3) is 5.91 Å². The van der Waals surface area contributed by atoms with E-state index in [1.807, 2.05) is 0 Å². The Hall–Kier alpha value is -1.42. The monoisotopic (exact) mass is 343 g/mol. The number of nitrogens with one attached hydrogen (secondary N) is 1. The Morgan fingerprint density at radius 1 is 1.10 bits per heavy atom. The summed E-state index contributed by atoms with van der Waals surface area (Å²) < 4.78 is 0. The van der Waals surface area contributed by atoms with Crippen LogP contribution in [0.1, 0.15) is 28.9 Å². The summed E-state index contributed by atoms with van der Waals surface area (Å²) in [6.07, 6.45) is 0. The highest BCUT2D eigenvalue weighted by Crippen LogP contribution is 2.27. The zero-order valence-corrected chi connectivity index (χ0v) is 13.3. The smallest absolute Gasteiger partial charge is 0.255 e. The predicted octanol–water partition coefficient (Wildman–Crippen LogP) is 4.84. The van der Waals surface area contributed by atoms with E-state index in [-0.39, 0.29) is 17.4 Å². The molecular weight excluding hydrogens is 333 g/mol. The molecule has 0 aliphatic carbocycles. The molecule has 0 spiro atoms. The number of phenolic OH excluding ortho intramolecular Hbond substituents is 1. The van der Waals surface area contributed by atoms with E-state index in [4.69, 9.17) is 34.8 Å². The molecular formula is C15H12Cl3NO2. The molecule has 6 heteroatoms. The highest BCUT2D eigenvalue weighted by molar-refractivity contribution is 6.35. The minimum atomic E-state index is -0.414. The third-order valence-electron chi connectivity index (χ3n) is 2.98. The summed E-state index contributed by atoms with van der Waals surface area (Å²) in [7, 11) is 0. The molecule has 0 aromatic heterocycles. The van der Waals surface area contributed by atoms with Crippen LogP contribution in [0.25, 0.3) is 0 Å². The van der Waals surface area contributed by atoms with Gasteiger partial charge in [-0.15, -0.1) is 0 Å². The van der Waals surface area contributed by atoms with Crippen LogP contribution in [0.5, 0.6) is 5.75 Å². The number of amides is 1. The van der Waals surface area contributed by atoms with E-state index >= 15 is 0 Å². The second-order valence-electron chi connectivity index (χ2n) is 4.52. The van der Waals surface area contributed by atoms with Gasteiger partial charge in [-0.05, 0) is 42.8 Å². The second kappa shape index (κ2) is 6.56. The number of carbonyl (C=O) groups excluding carboxylic acids is 1. The van der Waals surface area contributed by atoms with E-state index in [0.29, 0.717) is 15.1 Å². The van der Waals surface area contributed by atoms with Gasteiger partial charge in [0, 0.05) is 15.1 Å². The summed E-state index contributed by atoms with van der Waals surface area (Å²) >= 11 is 17.7. The maximum Gasteiger partial charge on any atom is 0.255 e. The number of carbonyl (C=O) groups is 1. The standard InChI is InChI=1S/C15H12Cl3NO2/c1-8(11-4-2-9(16)6-13(11)18)19-15(21)12-5-3-10(17)7-14(12)20/h2-8,20H,1H3,(H,19,21). The van der Waals surface area contributed by atoms with E-state index in [0.717, 1.165) is 5.56 Å². The summed E-state index contributed by atoms with van der Waals surface area (Å²) in [4.78, 5) is 12.2. The average Bonchev–Trinajstić information content (AvgIpc) is 2.37. The molecule has 0 aliphatic rings. The van der Waals surface area contributed by atoms with Crippen molar-refractivity contribution < 1.29 is 9.90 Å². The molecule has 3 nitrogen and oxygen atoms in total. The summed E-state index contributed by atoms with van der Waals surface area (Å²) in [6.45, 7) is 1.79. The molecule has 1 amide bonds. The first kappa shape index (κ1) is 16.0. The topological polar surface area (TPSA) is 49.3 Å². The van der Waals surface area contributed by atoms with Gasteiger partial charge in [-0.1, -0.05) is 40.9 Å². The zero-order chi connectivity index (χ0) is 15.6. The van der Waals surface area contributed by atoms with Crippen molar-refractivity contribution in [2.24, 2.45) is 0 Å².